The fourth-order valence-electron chi connectivity index (χ4n) is 1.78. The first-order valence-corrected chi connectivity index (χ1v) is 6.07. The van der Waals surface area contributed by atoms with E-state index in [0.29, 0.717) is 6.04 Å². The number of rotatable bonds is 6. The summed E-state index contributed by atoms with van der Waals surface area (Å²) in [7, 11) is 0. The molecule has 0 aliphatic carbocycles. The molecule has 1 aromatic rings. The van der Waals surface area contributed by atoms with Gasteiger partial charge in [0.1, 0.15) is 5.82 Å². The van der Waals surface area contributed by atoms with Crippen molar-refractivity contribution in [3.8, 4) is 0 Å². The van der Waals surface area contributed by atoms with E-state index in [9.17, 15) is 0 Å². The molecule has 0 aromatic carbocycles. The van der Waals surface area contributed by atoms with E-state index < -0.39 is 0 Å². The van der Waals surface area contributed by atoms with Gasteiger partial charge in [-0.3, -0.25) is 0 Å². The van der Waals surface area contributed by atoms with Gasteiger partial charge in [-0.1, -0.05) is 13.8 Å². The Morgan fingerprint density at radius 2 is 2.06 bits per heavy atom. The normalized spacial score (nSPS) is 12.8. The van der Waals surface area contributed by atoms with Crippen molar-refractivity contribution in [2.75, 3.05) is 25.0 Å². The number of aromatic nitrogens is 1. The highest BCUT2D eigenvalue weighted by Gasteiger charge is 2.07. The molecule has 0 aliphatic heterocycles. The molecule has 1 heterocycles. The number of nitrogens with one attached hydrogen (secondary N) is 1. The maximum atomic E-state index is 4.31. The quantitative estimate of drug-likeness (QED) is 0.800. The summed E-state index contributed by atoms with van der Waals surface area (Å²) in [5, 5.41) is 3.43. The lowest BCUT2D eigenvalue weighted by atomic mass is 10.2. The second kappa shape index (κ2) is 6.48. The van der Waals surface area contributed by atoms with E-state index in [0.717, 1.165) is 25.5 Å². The Kier molecular flexibility index (Phi) is 5.26. The summed E-state index contributed by atoms with van der Waals surface area (Å²) in [6, 6.07) is 4.52. The van der Waals surface area contributed by atoms with Crippen LogP contribution in [0, 0.1) is 6.92 Å². The van der Waals surface area contributed by atoms with E-state index in [1.807, 2.05) is 12.3 Å². The predicted octanol–water partition coefficient (Wildman–Crippen LogP) is 2.53. The van der Waals surface area contributed by atoms with Crippen LogP contribution in [0.1, 0.15) is 26.3 Å². The van der Waals surface area contributed by atoms with Crippen LogP contribution in [-0.2, 0) is 0 Å². The molecule has 0 aliphatic rings. The van der Waals surface area contributed by atoms with Gasteiger partial charge in [-0.2, -0.15) is 0 Å². The number of aryl methyl sites for hydroxylation is 1. The Bertz CT molecular complexity index is 308. The minimum Gasteiger partial charge on any atom is -0.366 e. The number of likely N-dealkylation sites (N-methyl/N-ethyl adjacent to an activating group) is 1. The molecule has 1 unspecified atom stereocenters. The summed E-state index contributed by atoms with van der Waals surface area (Å²) in [5.41, 5.74) is 1.24. The molecule has 16 heavy (non-hydrogen) atoms. The fourth-order valence-corrected chi connectivity index (χ4v) is 1.78. The predicted molar refractivity (Wildman–Crippen MR) is 69.8 cm³/mol. The zero-order valence-electron chi connectivity index (χ0n) is 10.8. The van der Waals surface area contributed by atoms with Gasteiger partial charge < -0.3 is 10.2 Å². The number of hydrogen-bond acceptors (Lipinski definition) is 3. The summed E-state index contributed by atoms with van der Waals surface area (Å²) in [5.74, 6) is 0.972. The van der Waals surface area contributed by atoms with E-state index in [2.05, 4.69) is 49.0 Å². The van der Waals surface area contributed by atoms with Crippen LogP contribution < -0.4 is 5.32 Å². The highest BCUT2D eigenvalue weighted by atomic mass is 15.1. The molecular formula is C13H23N3. The molecule has 0 spiro atoms. The third kappa shape index (κ3) is 4.19. The topological polar surface area (TPSA) is 28.2 Å². The van der Waals surface area contributed by atoms with Gasteiger partial charge in [0.2, 0.25) is 0 Å². The molecular weight excluding hydrogens is 198 g/mol. The summed E-state index contributed by atoms with van der Waals surface area (Å²) >= 11 is 0. The molecule has 0 saturated heterocycles. The van der Waals surface area contributed by atoms with Gasteiger partial charge in [0.15, 0.2) is 0 Å². The van der Waals surface area contributed by atoms with Gasteiger partial charge in [-0.15, -0.1) is 0 Å². The summed E-state index contributed by atoms with van der Waals surface area (Å²) < 4.78 is 0. The summed E-state index contributed by atoms with van der Waals surface area (Å²) in [4.78, 5) is 6.72. The van der Waals surface area contributed by atoms with E-state index in [-0.39, 0.29) is 0 Å². The molecule has 0 fully saturated rings. The van der Waals surface area contributed by atoms with Crippen molar-refractivity contribution in [1.29, 1.82) is 0 Å². The van der Waals surface area contributed by atoms with Crippen LogP contribution in [0.2, 0.25) is 0 Å². The SMILES string of the molecule is CCN(CC)CC(C)Nc1cc(C)ccn1. The first-order chi connectivity index (χ1) is 7.65. The zero-order valence-corrected chi connectivity index (χ0v) is 10.8. The van der Waals surface area contributed by atoms with Crippen LogP contribution in [0.4, 0.5) is 5.82 Å². The van der Waals surface area contributed by atoms with Gasteiger partial charge >= 0.3 is 0 Å². The number of pyridine rings is 1. The van der Waals surface area contributed by atoms with E-state index in [1.165, 1.54) is 5.56 Å². The highest BCUT2D eigenvalue weighted by molar-refractivity contribution is 5.37. The van der Waals surface area contributed by atoms with Gasteiger partial charge in [0, 0.05) is 18.8 Å². The summed E-state index contributed by atoms with van der Waals surface area (Å²) in [6.45, 7) is 11.9. The Balaban J connectivity index is 2.47. The Morgan fingerprint density at radius 1 is 1.38 bits per heavy atom. The number of anilines is 1. The number of hydrogen-bond donors (Lipinski definition) is 1. The fraction of sp³-hybridized carbons (Fsp3) is 0.615. The minimum atomic E-state index is 0.425. The second-order valence-corrected chi connectivity index (χ2v) is 4.25. The van der Waals surface area contributed by atoms with Crippen LogP contribution >= 0.6 is 0 Å². The Labute approximate surface area is 98.9 Å². The molecule has 1 aromatic heterocycles. The standard InChI is InChI=1S/C13H23N3/c1-5-16(6-2)10-12(4)15-13-9-11(3)7-8-14-13/h7-9,12H,5-6,10H2,1-4H3,(H,14,15). The first kappa shape index (κ1) is 13.0. The molecule has 1 N–H and O–H groups in total. The lowest BCUT2D eigenvalue weighted by Crippen LogP contribution is -2.34. The Morgan fingerprint density at radius 3 is 2.62 bits per heavy atom. The average molecular weight is 221 g/mol. The van der Waals surface area contributed by atoms with Crippen molar-refractivity contribution >= 4 is 5.82 Å². The van der Waals surface area contributed by atoms with Crippen molar-refractivity contribution in [3.05, 3.63) is 23.9 Å². The van der Waals surface area contributed by atoms with Gasteiger partial charge in [0.05, 0.1) is 0 Å². The molecule has 3 heteroatoms. The number of nitrogens with zero attached hydrogens (tertiary/aromatic N) is 2. The van der Waals surface area contributed by atoms with Gasteiger partial charge in [0.25, 0.3) is 0 Å². The van der Waals surface area contributed by atoms with Crippen molar-refractivity contribution in [3.63, 3.8) is 0 Å². The second-order valence-electron chi connectivity index (χ2n) is 4.25. The first-order valence-electron chi connectivity index (χ1n) is 6.07. The molecule has 90 valence electrons. The molecule has 0 saturated carbocycles. The zero-order chi connectivity index (χ0) is 12.0. The molecule has 3 nitrogen and oxygen atoms in total. The maximum Gasteiger partial charge on any atom is 0.126 e. The minimum absolute atomic E-state index is 0.425. The van der Waals surface area contributed by atoms with E-state index in [4.69, 9.17) is 0 Å². The van der Waals surface area contributed by atoms with Crippen LogP contribution in [0.15, 0.2) is 18.3 Å². The van der Waals surface area contributed by atoms with E-state index in [1.54, 1.807) is 0 Å². The molecule has 0 amide bonds. The lowest BCUT2D eigenvalue weighted by Gasteiger charge is -2.23. The van der Waals surface area contributed by atoms with Gasteiger partial charge in [-0.25, -0.2) is 4.98 Å². The van der Waals surface area contributed by atoms with E-state index >= 15 is 0 Å². The lowest BCUT2D eigenvalue weighted by molar-refractivity contribution is 0.294. The maximum absolute atomic E-state index is 4.31. The molecule has 0 bridgehead atoms. The van der Waals surface area contributed by atoms with Crippen LogP contribution in [0.5, 0.6) is 0 Å². The van der Waals surface area contributed by atoms with Crippen molar-refractivity contribution in [2.45, 2.75) is 33.7 Å². The highest BCUT2D eigenvalue weighted by Crippen LogP contribution is 2.07. The monoisotopic (exact) mass is 221 g/mol. The van der Waals surface area contributed by atoms with Crippen molar-refractivity contribution in [2.24, 2.45) is 0 Å². The third-order valence-electron chi connectivity index (χ3n) is 2.74. The van der Waals surface area contributed by atoms with Crippen molar-refractivity contribution < 1.29 is 0 Å². The smallest absolute Gasteiger partial charge is 0.126 e. The van der Waals surface area contributed by atoms with Gasteiger partial charge in [-0.05, 0) is 44.6 Å². The largest absolute Gasteiger partial charge is 0.366 e. The molecule has 0 radical (unpaired) electrons. The Hall–Kier alpha value is -1.09. The summed E-state index contributed by atoms with van der Waals surface area (Å²) in [6.07, 6.45) is 1.85. The van der Waals surface area contributed by atoms with Crippen molar-refractivity contribution in [1.82, 2.24) is 9.88 Å². The van der Waals surface area contributed by atoms with Crippen LogP contribution in [0.3, 0.4) is 0 Å². The van der Waals surface area contributed by atoms with Crippen LogP contribution in [0.25, 0.3) is 0 Å². The average Bonchev–Trinajstić information content (AvgIpc) is 2.26. The third-order valence-corrected chi connectivity index (χ3v) is 2.74. The molecule has 1 atom stereocenters. The molecule has 1 rings (SSSR count). The van der Waals surface area contributed by atoms with Crippen LogP contribution in [-0.4, -0.2) is 35.6 Å².